The highest BCUT2D eigenvalue weighted by atomic mass is 35.5. The maximum absolute atomic E-state index is 13.9. The van der Waals surface area contributed by atoms with E-state index in [0.717, 1.165) is 22.0 Å². The third-order valence-electron chi connectivity index (χ3n) is 7.38. The predicted molar refractivity (Wildman–Crippen MR) is 195 cm³/mol. The van der Waals surface area contributed by atoms with E-state index in [-0.39, 0.29) is 23.1 Å². The summed E-state index contributed by atoms with van der Waals surface area (Å²) < 4.78 is 77.7. The number of aryl methyl sites for hydroxylation is 1. The molecule has 2 aromatic heterocycles. The molecule has 0 aliphatic rings. The van der Waals surface area contributed by atoms with Crippen LogP contribution in [0.15, 0.2) is 113 Å². The standard InChI is InChI=1S/C29H26ClFN4O4S.C7H8O3S/c1-40(36,37)13-12-32-16-22-8-11-27(39-22)19-6-9-26-23(14-19)29(34-18-33-26)35-21-7-10-28(24(30)15-21)38-17-20-4-2-3-5-25(20)31;1-6-2-4-7(5-3-6)11(8,9)10/h2-11,14-15,18,32H,12-13,16-17H2,1H3,(H,33,34,35);2-5H,1H3,(H,8,9,10). The van der Waals surface area contributed by atoms with Crippen molar-refractivity contribution in [2.45, 2.75) is 25.0 Å². The summed E-state index contributed by atoms with van der Waals surface area (Å²) in [4.78, 5) is 8.72. The largest absolute Gasteiger partial charge is 0.487 e. The molecule has 0 spiro atoms. The molecule has 0 fully saturated rings. The van der Waals surface area contributed by atoms with Crippen molar-refractivity contribution < 1.29 is 34.9 Å². The number of sulfone groups is 1. The van der Waals surface area contributed by atoms with Crippen molar-refractivity contribution in [2.24, 2.45) is 0 Å². The smallest absolute Gasteiger partial charge is 0.294 e. The lowest BCUT2D eigenvalue weighted by atomic mass is 10.1. The summed E-state index contributed by atoms with van der Waals surface area (Å²) in [6, 6.07) is 27.1. The van der Waals surface area contributed by atoms with Crippen molar-refractivity contribution in [1.82, 2.24) is 15.3 Å². The van der Waals surface area contributed by atoms with E-state index in [1.165, 1.54) is 30.8 Å². The van der Waals surface area contributed by atoms with Crippen LogP contribution < -0.4 is 15.4 Å². The first-order valence-electron chi connectivity index (χ1n) is 15.4. The summed E-state index contributed by atoms with van der Waals surface area (Å²) in [5, 5.41) is 7.51. The molecule has 0 bridgehead atoms. The Labute approximate surface area is 300 Å². The fourth-order valence-electron chi connectivity index (χ4n) is 4.72. The minimum Gasteiger partial charge on any atom is -0.487 e. The summed E-state index contributed by atoms with van der Waals surface area (Å²) in [5.41, 5.74) is 3.66. The molecule has 0 saturated heterocycles. The molecule has 0 amide bonds. The Bertz CT molecular complexity index is 2350. The zero-order valence-electron chi connectivity index (χ0n) is 27.5. The minimum atomic E-state index is -4.02. The number of benzene rings is 4. The monoisotopic (exact) mass is 752 g/mol. The number of anilines is 2. The van der Waals surface area contributed by atoms with Crippen LogP contribution in [0.4, 0.5) is 15.9 Å². The topological polar surface area (TPSA) is 161 Å². The number of nitrogens with one attached hydrogen (secondary N) is 2. The van der Waals surface area contributed by atoms with E-state index in [9.17, 15) is 21.2 Å². The van der Waals surface area contributed by atoms with Crippen LogP contribution in [-0.2, 0) is 33.1 Å². The van der Waals surface area contributed by atoms with Gasteiger partial charge in [-0.15, -0.1) is 0 Å². The molecule has 3 N–H and O–H groups in total. The highest BCUT2D eigenvalue weighted by Crippen LogP contribution is 2.33. The summed E-state index contributed by atoms with van der Waals surface area (Å²) in [6.45, 7) is 2.66. The van der Waals surface area contributed by atoms with Gasteiger partial charge in [-0.3, -0.25) is 4.55 Å². The molecular weight excluding hydrogens is 719 g/mol. The summed E-state index contributed by atoms with van der Waals surface area (Å²) in [7, 11) is -7.04. The van der Waals surface area contributed by atoms with Gasteiger partial charge in [0.05, 0.1) is 27.7 Å². The van der Waals surface area contributed by atoms with Gasteiger partial charge in [-0.05, 0) is 73.7 Å². The molecule has 0 saturated carbocycles. The molecule has 0 radical (unpaired) electrons. The van der Waals surface area contributed by atoms with E-state index in [4.69, 9.17) is 25.3 Å². The molecule has 266 valence electrons. The molecule has 0 aliphatic carbocycles. The van der Waals surface area contributed by atoms with Crippen LogP contribution >= 0.6 is 11.6 Å². The number of nitrogens with zero attached hydrogens (tertiary/aromatic N) is 2. The van der Waals surface area contributed by atoms with E-state index in [0.29, 0.717) is 52.5 Å². The van der Waals surface area contributed by atoms with E-state index in [1.807, 2.05) is 37.3 Å². The Kier molecular flexibility index (Phi) is 12.1. The zero-order chi connectivity index (χ0) is 36.6. The SMILES string of the molecule is CS(=O)(=O)CCNCc1ccc(-c2ccc3ncnc(Nc4ccc(OCc5ccccc5F)c(Cl)c4)c3c2)o1.Cc1ccc(S(=O)(=O)O)cc1. The highest BCUT2D eigenvalue weighted by Gasteiger charge is 2.12. The van der Waals surface area contributed by atoms with Gasteiger partial charge in [0.15, 0.2) is 0 Å². The van der Waals surface area contributed by atoms with Gasteiger partial charge in [0, 0.05) is 35.0 Å². The first kappa shape index (κ1) is 37.4. The lowest BCUT2D eigenvalue weighted by Gasteiger charge is -2.12. The number of hydrogen-bond donors (Lipinski definition) is 3. The molecule has 6 rings (SSSR count). The molecule has 6 aromatic rings. The summed E-state index contributed by atoms with van der Waals surface area (Å²) in [5.74, 6) is 2.10. The number of aromatic nitrogens is 2. The van der Waals surface area contributed by atoms with Gasteiger partial charge in [0.1, 0.15) is 51.7 Å². The highest BCUT2D eigenvalue weighted by molar-refractivity contribution is 7.90. The van der Waals surface area contributed by atoms with Gasteiger partial charge in [-0.1, -0.05) is 47.5 Å². The Hall–Kier alpha value is -4.86. The van der Waals surface area contributed by atoms with Crippen molar-refractivity contribution in [1.29, 1.82) is 0 Å². The number of rotatable bonds is 12. The molecule has 4 aromatic carbocycles. The predicted octanol–water partition coefficient (Wildman–Crippen LogP) is 7.38. The van der Waals surface area contributed by atoms with Crippen LogP contribution in [0.3, 0.4) is 0 Å². The third-order valence-corrected chi connectivity index (χ3v) is 9.49. The third kappa shape index (κ3) is 10.8. The molecule has 2 heterocycles. The number of ether oxygens (including phenoxy) is 1. The number of halogens is 2. The van der Waals surface area contributed by atoms with Gasteiger partial charge in [0.25, 0.3) is 10.1 Å². The van der Waals surface area contributed by atoms with Crippen molar-refractivity contribution in [3.8, 4) is 17.1 Å². The molecule has 51 heavy (non-hydrogen) atoms. The maximum atomic E-state index is 13.9. The van der Waals surface area contributed by atoms with E-state index in [2.05, 4.69) is 20.6 Å². The van der Waals surface area contributed by atoms with Gasteiger partial charge < -0.3 is 19.8 Å². The molecule has 0 atom stereocenters. The molecule has 11 nitrogen and oxygen atoms in total. The van der Waals surface area contributed by atoms with Crippen LogP contribution in [0.25, 0.3) is 22.2 Å². The maximum Gasteiger partial charge on any atom is 0.294 e. The second kappa shape index (κ2) is 16.4. The van der Waals surface area contributed by atoms with Gasteiger partial charge in [-0.2, -0.15) is 8.42 Å². The van der Waals surface area contributed by atoms with E-state index < -0.39 is 20.0 Å². The van der Waals surface area contributed by atoms with Gasteiger partial charge in [0.2, 0.25) is 0 Å². The average molecular weight is 753 g/mol. The number of fused-ring (bicyclic) bond motifs is 1. The van der Waals surface area contributed by atoms with E-state index in [1.54, 1.807) is 48.5 Å². The normalized spacial score (nSPS) is 11.5. The molecule has 0 aliphatic heterocycles. The molecule has 0 unspecified atom stereocenters. The number of hydrogen-bond acceptors (Lipinski definition) is 10. The second-order valence-corrected chi connectivity index (χ2v) is 15.6. The second-order valence-electron chi connectivity index (χ2n) is 11.5. The van der Waals surface area contributed by atoms with E-state index >= 15 is 0 Å². The lowest BCUT2D eigenvalue weighted by molar-refractivity contribution is 0.300. The van der Waals surface area contributed by atoms with Gasteiger partial charge in [-0.25, -0.2) is 22.8 Å². The van der Waals surface area contributed by atoms with Crippen molar-refractivity contribution >= 4 is 54.0 Å². The first-order valence-corrected chi connectivity index (χ1v) is 19.3. The van der Waals surface area contributed by atoms with Crippen molar-refractivity contribution in [3.63, 3.8) is 0 Å². The minimum absolute atomic E-state index is 0.0592. The zero-order valence-corrected chi connectivity index (χ0v) is 29.9. The van der Waals surface area contributed by atoms with Gasteiger partial charge >= 0.3 is 0 Å². The van der Waals surface area contributed by atoms with Crippen LogP contribution in [0.2, 0.25) is 5.02 Å². The quantitative estimate of drug-likeness (QED) is 0.0845. The Morgan fingerprint density at radius 1 is 0.922 bits per heavy atom. The number of furan rings is 1. The Morgan fingerprint density at radius 2 is 1.69 bits per heavy atom. The first-order chi connectivity index (χ1) is 24.2. The molecular formula is C36H34ClFN4O7S2. The summed E-state index contributed by atoms with van der Waals surface area (Å²) in [6.07, 6.45) is 2.69. The van der Waals surface area contributed by atoms with Crippen LogP contribution in [0, 0.1) is 12.7 Å². The average Bonchev–Trinajstić information content (AvgIpc) is 3.56. The lowest BCUT2D eigenvalue weighted by Crippen LogP contribution is -2.21. The van der Waals surface area contributed by atoms with Crippen LogP contribution in [0.1, 0.15) is 16.9 Å². The fourth-order valence-corrected chi connectivity index (χ4v) is 5.95. The van der Waals surface area contributed by atoms with Crippen molar-refractivity contribution in [2.75, 3.05) is 23.9 Å². The summed E-state index contributed by atoms with van der Waals surface area (Å²) >= 11 is 6.46. The fraction of sp³-hybridized carbons (Fsp3) is 0.167. The van der Waals surface area contributed by atoms with Crippen LogP contribution in [-0.4, -0.2) is 49.9 Å². The van der Waals surface area contributed by atoms with Crippen LogP contribution in [0.5, 0.6) is 5.75 Å². The Morgan fingerprint density at radius 3 is 2.39 bits per heavy atom. The Balaban J connectivity index is 0.000000392. The molecule has 15 heteroatoms. The van der Waals surface area contributed by atoms with Crippen molar-refractivity contribution in [3.05, 3.63) is 131 Å².